The Morgan fingerprint density at radius 2 is 1.96 bits per heavy atom. The zero-order chi connectivity index (χ0) is 16.2. The fourth-order valence-corrected chi connectivity index (χ4v) is 3.26. The molecular formula is C19H20FNO2. The monoisotopic (exact) mass is 313 g/mol. The number of hydrogen-bond donors (Lipinski definition) is 2. The van der Waals surface area contributed by atoms with E-state index >= 15 is 0 Å². The van der Waals surface area contributed by atoms with Crippen molar-refractivity contribution in [2.24, 2.45) is 0 Å². The quantitative estimate of drug-likeness (QED) is 0.879. The molecule has 0 bridgehead atoms. The van der Waals surface area contributed by atoms with Crippen molar-refractivity contribution in [3.05, 3.63) is 71.0 Å². The van der Waals surface area contributed by atoms with Crippen molar-refractivity contribution in [1.29, 1.82) is 0 Å². The molecular weight excluding hydrogens is 293 g/mol. The Morgan fingerprint density at radius 3 is 2.65 bits per heavy atom. The molecule has 2 aromatic carbocycles. The highest BCUT2D eigenvalue weighted by molar-refractivity contribution is 5.87. The van der Waals surface area contributed by atoms with Crippen molar-refractivity contribution in [3.8, 4) is 0 Å². The fraction of sp³-hybridized carbons (Fsp3) is 0.316. The van der Waals surface area contributed by atoms with E-state index in [0.29, 0.717) is 17.5 Å². The summed E-state index contributed by atoms with van der Waals surface area (Å²) in [6.45, 7) is 0.723. The lowest BCUT2D eigenvalue weighted by Gasteiger charge is -2.14. The maximum atomic E-state index is 13.3. The zero-order valence-electron chi connectivity index (χ0n) is 12.8. The molecule has 0 aliphatic heterocycles. The van der Waals surface area contributed by atoms with Crippen LogP contribution in [-0.2, 0) is 6.54 Å². The van der Waals surface area contributed by atoms with Crippen LogP contribution in [0.15, 0.2) is 48.5 Å². The molecule has 0 amide bonds. The van der Waals surface area contributed by atoms with E-state index in [2.05, 4.69) is 5.32 Å². The topological polar surface area (TPSA) is 49.3 Å². The number of rotatable bonds is 5. The molecule has 2 N–H and O–H groups in total. The third-order valence-corrected chi connectivity index (χ3v) is 4.55. The van der Waals surface area contributed by atoms with Crippen LogP contribution in [0.1, 0.15) is 46.7 Å². The molecule has 2 atom stereocenters. The lowest BCUT2D eigenvalue weighted by molar-refractivity contribution is 0.0697. The van der Waals surface area contributed by atoms with Crippen LogP contribution in [0.25, 0.3) is 0 Å². The Balaban J connectivity index is 1.53. The summed E-state index contributed by atoms with van der Waals surface area (Å²) >= 11 is 0. The van der Waals surface area contributed by atoms with Gasteiger partial charge >= 0.3 is 5.97 Å². The maximum Gasteiger partial charge on any atom is 0.335 e. The Bertz CT molecular complexity index is 684. The average Bonchev–Trinajstić information content (AvgIpc) is 3.02. The van der Waals surface area contributed by atoms with Gasteiger partial charge in [-0.3, -0.25) is 0 Å². The Morgan fingerprint density at radius 1 is 1.17 bits per heavy atom. The number of aromatic carboxylic acids is 1. The van der Waals surface area contributed by atoms with E-state index in [1.54, 1.807) is 24.3 Å². The summed E-state index contributed by atoms with van der Waals surface area (Å²) in [4.78, 5) is 10.8. The van der Waals surface area contributed by atoms with Gasteiger partial charge in [-0.05, 0) is 60.6 Å². The average molecular weight is 313 g/mol. The minimum absolute atomic E-state index is 0.169. The minimum Gasteiger partial charge on any atom is -0.478 e. The van der Waals surface area contributed by atoms with Gasteiger partial charge < -0.3 is 10.4 Å². The van der Waals surface area contributed by atoms with Crippen molar-refractivity contribution >= 4 is 5.97 Å². The molecule has 3 rings (SSSR count). The van der Waals surface area contributed by atoms with Crippen LogP contribution in [0, 0.1) is 5.82 Å². The summed E-state index contributed by atoms with van der Waals surface area (Å²) in [7, 11) is 0. The van der Waals surface area contributed by atoms with Crippen molar-refractivity contribution in [1.82, 2.24) is 5.32 Å². The van der Waals surface area contributed by atoms with Crippen LogP contribution >= 0.6 is 0 Å². The zero-order valence-corrected chi connectivity index (χ0v) is 12.8. The standard InChI is InChI=1S/C19H20FNO2/c20-17-3-1-2-15(10-17)16-8-9-18(11-16)21-12-13-4-6-14(7-5-13)19(22)23/h1-7,10,16,18,21H,8-9,11-12H2,(H,22,23). The molecule has 2 unspecified atom stereocenters. The van der Waals surface area contributed by atoms with E-state index in [1.807, 2.05) is 18.2 Å². The first-order chi connectivity index (χ1) is 11.1. The minimum atomic E-state index is -0.904. The maximum absolute atomic E-state index is 13.3. The molecule has 2 aromatic rings. The summed E-state index contributed by atoms with van der Waals surface area (Å²) < 4.78 is 13.3. The van der Waals surface area contributed by atoms with Crippen LogP contribution in [0.5, 0.6) is 0 Å². The normalized spacial score (nSPS) is 20.6. The second-order valence-corrected chi connectivity index (χ2v) is 6.14. The summed E-state index contributed by atoms with van der Waals surface area (Å²) in [6.07, 6.45) is 3.16. The van der Waals surface area contributed by atoms with E-state index in [1.165, 1.54) is 6.07 Å². The van der Waals surface area contributed by atoms with Gasteiger partial charge in [-0.2, -0.15) is 0 Å². The molecule has 3 nitrogen and oxygen atoms in total. The number of hydrogen-bond acceptors (Lipinski definition) is 2. The van der Waals surface area contributed by atoms with E-state index in [4.69, 9.17) is 5.11 Å². The molecule has 120 valence electrons. The van der Waals surface area contributed by atoms with Crippen molar-refractivity contribution in [2.75, 3.05) is 0 Å². The molecule has 0 radical (unpaired) electrons. The predicted octanol–water partition coefficient (Wildman–Crippen LogP) is 3.95. The van der Waals surface area contributed by atoms with Gasteiger partial charge in [0.15, 0.2) is 0 Å². The van der Waals surface area contributed by atoms with Crippen LogP contribution < -0.4 is 5.32 Å². The molecule has 0 heterocycles. The second-order valence-electron chi connectivity index (χ2n) is 6.14. The summed E-state index contributed by atoms with van der Waals surface area (Å²) in [5, 5.41) is 12.4. The smallest absolute Gasteiger partial charge is 0.335 e. The molecule has 0 aromatic heterocycles. The number of halogens is 1. The number of carboxylic acids is 1. The van der Waals surface area contributed by atoms with Crippen LogP contribution in [0.2, 0.25) is 0 Å². The first-order valence-corrected chi connectivity index (χ1v) is 7.93. The number of nitrogens with one attached hydrogen (secondary N) is 1. The largest absolute Gasteiger partial charge is 0.478 e. The first kappa shape index (κ1) is 15.7. The third kappa shape index (κ3) is 3.96. The third-order valence-electron chi connectivity index (χ3n) is 4.55. The molecule has 0 spiro atoms. The highest BCUT2D eigenvalue weighted by atomic mass is 19.1. The van der Waals surface area contributed by atoms with Gasteiger partial charge in [0, 0.05) is 12.6 Å². The molecule has 1 aliphatic rings. The van der Waals surface area contributed by atoms with Gasteiger partial charge in [0.05, 0.1) is 5.56 Å². The molecule has 23 heavy (non-hydrogen) atoms. The van der Waals surface area contributed by atoms with Crippen molar-refractivity contribution < 1.29 is 14.3 Å². The van der Waals surface area contributed by atoms with Crippen LogP contribution in [0.4, 0.5) is 4.39 Å². The van der Waals surface area contributed by atoms with Crippen LogP contribution in [0.3, 0.4) is 0 Å². The van der Waals surface area contributed by atoms with Gasteiger partial charge in [-0.15, -0.1) is 0 Å². The Kier molecular flexibility index (Phi) is 4.72. The van der Waals surface area contributed by atoms with Gasteiger partial charge in [-0.25, -0.2) is 9.18 Å². The fourth-order valence-electron chi connectivity index (χ4n) is 3.26. The Labute approximate surface area is 135 Å². The molecule has 1 fully saturated rings. The second kappa shape index (κ2) is 6.92. The van der Waals surface area contributed by atoms with E-state index in [9.17, 15) is 9.18 Å². The Hall–Kier alpha value is -2.20. The summed E-state index contributed by atoms with van der Waals surface area (Å²) in [5.41, 5.74) is 2.46. The summed E-state index contributed by atoms with van der Waals surface area (Å²) in [6, 6.07) is 14.3. The summed E-state index contributed by atoms with van der Waals surface area (Å²) in [5.74, 6) is -0.659. The lowest BCUT2D eigenvalue weighted by atomic mass is 9.97. The number of carbonyl (C=O) groups is 1. The SMILES string of the molecule is O=C(O)c1ccc(CNC2CCC(c3cccc(F)c3)C2)cc1. The first-order valence-electron chi connectivity index (χ1n) is 7.93. The molecule has 1 saturated carbocycles. The van der Waals surface area contributed by atoms with E-state index in [-0.39, 0.29) is 5.82 Å². The molecule has 1 aliphatic carbocycles. The highest BCUT2D eigenvalue weighted by Crippen LogP contribution is 2.34. The van der Waals surface area contributed by atoms with Crippen molar-refractivity contribution in [2.45, 2.75) is 37.8 Å². The van der Waals surface area contributed by atoms with Gasteiger partial charge in [0.1, 0.15) is 5.82 Å². The predicted molar refractivity (Wildman–Crippen MR) is 87.0 cm³/mol. The van der Waals surface area contributed by atoms with Gasteiger partial charge in [0.2, 0.25) is 0 Å². The van der Waals surface area contributed by atoms with Gasteiger partial charge in [0.25, 0.3) is 0 Å². The van der Waals surface area contributed by atoms with Crippen molar-refractivity contribution in [3.63, 3.8) is 0 Å². The molecule has 0 saturated heterocycles. The van der Waals surface area contributed by atoms with Gasteiger partial charge in [-0.1, -0.05) is 24.3 Å². The van der Waals surface area contributed by atoms with E-state index in [0.717, 1.165) is 36.9 Å². The number of carboxylic acid groups (broad SMARTS) is 1. The number of benzene rings is 2. The molecule has 4 heteroatoms. The lowest BCUT2D eigenvalue weighted by Crippen LogP contribution is -2.25. The van der Waals surface area contributed by atoms with Crippen LogP contribution in [-0.4, -0.2) is 17.1 Å². The highest BCUT2D eigenvalue weighted by Gasteiger charge is 2.25. The van der Waals surface area contributed by atoms with E-state index < -0.39 is 5.97 Å².